The molecule has 0 aliphatic heterocycles. The molecule has 0 radical (unpaired) electrons. The molecule has 0 bridgehead atoms. The molecule has 0 aromatic carbocycles. The maximum Gasteiger partial charge on any atom is 0.321 e. The highest BCUT2D eigenvalue weighted by molar-refractivity contribution is 7.11. The highest BCUT2D eigenvalue weighted by atomic mass is 32.1. The van der Waals surface area contributed by atoms with Crippen LogP contribution in [0, 0.1) is 0 Å². The van der Waals surface area contributed by atoms with Gasteiger partial charge >= 0.3 is 6.03 Å². The van der Waals surface area contributed by atoms with Crippen molar-refractivity contribution in [1.29, 1.82) is 0 Å². The second kappa shape index (κ2) is 8.41. The predicted octanol–water partition coefficient (Wildman–Crippen LogP) is 2.26. The van der Waals surface area contributed by atoms with Crippen LogP contribution in [0.5, 0.6) is 0 Å². The van der Waals surface area contributed by atoms with Crippen LogP contribution in [0.1, 0.15) is 37.0 Å². The van der Waals surface area contributed by atoms with Gasteiger partial charge in [0, 0.05) is 10.9 Å². The van der Waals surface area contributed by atoms with Gasteiger partial charge in [-0.1, -0.05) is 30.5 Å². The molecule has 2 N–H and O–H groups in total. The van der Waals surface area contributed by atoms with E-state index < -0.39 is 11.9 Å². The summed E-state index contributed by atoms with van der Waals surface area (Å²) in [6, 6.07) is 3.49. The van der Waals surface area contributed by atoms with Crippen LogP contribution in [0.15, 0.2) is 22.7 Å². The van der Waals surface area contributed by atoms with Gasteiger partial charge in [-0.05, 0) is 24.3 Å². The van der Waals surface area contributed by atoms with Gasteiger partial charge < -0.3 is 10.2 Å². The van der Waals surface area contributed by atoms with Crippen LogP contribution < -0.4 is 10.6 Å². The minimum absolute atomic E-state index is 0.171. The number of imide groups is 1. The lowest BCUT2D eigenvalue weighted by atomic mass is 9.96. The van der Waals surface area contributed by atoms with Crippen LogP contribution in [0.25, 0.3) is 0 Å². The first kappa shape index (κ1) is 15.5. The van der Waals surface area contributed by atoms with E-state index >= 15 is 0 Å². The van der Waals surface area contributed by atoms with Crippen molar-refractivity contribution < 1.29 is 14.4 Å². The minimum atomic E-state index is -0.508. The van der Waals surface area contributed by atoms with Crippen LogP contribution >= 0.6 is 11.3 Å². The molecule has 0 unspecified atom stereocenters. The molecule has 3 amide bonds. The Labute approximate surface area is 127 Å². The molecular formula is C14H19N3O3S. The largest absolute Gasteiger partial charge is 0.386 e. The zero-order valence-electron chi connectivity index (χ0n) is 11.7. The van der Waals surface area contributed by atoms with Crippen LogP contribution in [-0.4, -0.2) is 30.8 Å². The van der Waals surface area contributed by atoms with E-state index in [-0.39, 0.29) is 12.6 Å². The fraction of sp³-hybridized carbons (Fsp3) is 0.500. The van der Waals surface area contributed by atoms with E-state index in [9.17, 15) is 9.59 Å². The van der Waals surface area contributed by atoms with Gasteiger partial charge in [0.15, 0.2) is 6.61 Å². The van der Waals surface area contributed by atoms with Gasteiger partial charge in [0.05, 0.1) is 6.21 Å². The Bertz CT molecular complexity index is 482. The molecule has 21 heavy (non-hydrogen) atoms. The number of hydrogen-bond donors (Lipinski definition) is 2. The van der Waals surface area contributed by atoms with Crippen LogP contribution in [0.3, 0.4) is 0 Å². The Hall–Kier alpha value is -1.89. The van der Waals surface area contributed by atoms with Crippen molar-refractivity contribution in [2.45, 2.75) is 38.1 Å². The molecule has 1 aliphatic carbocycles. The van der Waals surface area contributed by atoms with Crippen molar-refractivity contribution in [2.24, 2.45) is 5.16 Å². The van der Waals surface area contributed by atoms with Crippen molar-refractivity contribution in [3.63, 3.8) is 0 Å². The van der Waals surface area contributed by atoms with E-state index in [2.05, 4.69) is 15.8 Å². The molecule has 1 aromatic heterocycles. The number of carbonyl (C=O) groups is 2. The van der Waals surface area contributed by atoms with E-state index in [4.69, 9.17) is 4.84 Å². The topological polar surface area (TPSA) is 79.8 Å². The fourth-order valence-electron chi connectivity index (χ4n) is 2.18. The molecule has 7 heteroatoms. The van der Waals surface area contributed by atoms with Crippen molar-refractivity contribution in [3.8, 4) is 0 Å². The van der Waals surface area contributed by atoms with Crippen molar-refractivity contribution >= 4 is 29.5 Å². The average molecular weight is 309 g/mol. The van der Waals surface area contributed by atoms with Crippen molar-refractivity contribution in [2.75, 3.05) is 6.61 Å². The summed E-state index contributed by atoms with van der Waals surface area (Å²) < 4.78 is 0. The third-order valence-electron chi connectivity index (χ3n) is 3.19. The lowest BCUT2D eigenvalue weighted by Crippen LogP contribution is -2.46. The molecule has 1 aliphatic rings. The molecule has 1 saturated carbocycles. The summed E-state index contributed by atoms with van der Waals surface area (Å²) in [4.78, 5) is 28.9. The number of rotatable bonds is 5. The molecule has 1 heterocycles. The van der Waals surface area contributed by atoms with Crippen LogP contribution in [-0.2, 0) is 9.63 Å². The summed E-state index contributed by atoms with van der Waals surface area (Å²) in [6.07, 6.45) is 6.94. The number of thiophene rings is 1. The summed E-state index contributed by atoms with van der Waals surface area (Å²) in [5.74, 6) is -0.508. The number of urea groups is 1. The summed E-state index contributed by atoms with van der Waals surface area (Å²) in [5, 5.41) is 10.6. The van der Waals surface area contributed by atoms with Gasteiger partial charge in [-0.15, -0.1) is 11.3 Å². The second-order valence-corrected chi connectivity index (χ2v) is 5.86. The Morgan fingerprint density at radius 1 is 1.38 bits per heavy atom. The maximum absolute atomic E-state index is 11.6. The quantitative estimate of drug-likeness (QED) is 0.647. The normalized spacial score (nSPS) is 15.8. The first-order valence-corrected chi connectivity index (χ1v) is 7.91. The van der Waals surface area contributed by atoms with Gasteiger partial charge in [-0.25, -0.2) is 4.79 Å². The summed E-state index contributed by atoms with van der Waals surface area (Å²) in [5.41, 5.74) is 0. The summed E-state index contributed by atoms with van der Waals surface area (Å²) >= 11 is 1.52. The molecule has 1 fully saturated rings. The second-order valence-electron chi connectivity index (χ2n) is 4.88. The van der Waals surface area contributed by atoms with Crippen LogP contribution in [0.4, 0.5) is 4.79 Å². The summed E-state index contributed by atoms with van der Waals surface area (Å²) in [7, 11) is 0. The Morgan fingerprint density at radius 3 is 2.90 bits per heavy atom. The molecular weight excluding hydrogens is 290 g/mol. The average Bonchev–Trinajstić information content (AvgIpc) is 2.98. The first-order valence-electron chi connectivity index (χ1n) is 7.03. The molecule has 114 valence electrons. The maximum atomic E-state index is 11.6. The molecule has 0 spiro atoms. The Balaban J connectivity index is 1.61. The number of nitrogens with one attached hydrogen (secondary N) is 2. The van der Waals surface area contributed by atoms with Crippen LogP contribution in [0.2, 0.25) is 0 Å². The monoisotopic (exact) mass is 309 g/mol. The molecule has 0 saturated heterocycles. The number of carbonyl (C=O) groups excluding carboxylic acids is 2. The number of nitrogens with zero attached hydrogens (tertiary/aromatic N) is 1. The van der Waals surface area contributed by atoms with Gasteiger partial charge in [0.2, 0.25) is 0 Å². The van der Waals surface area contributed by atoms with E-state index in [1.54, 1.807) is 0 Å². The molecule has 2 rings (SSSR count). The molecule has 0 atom stereocenters. The highest BCUT2D eigenvalue weighted by Crippen LogP contribution is 2.17. The molecule has 6 nitrogen and oxygen atoms in total. The Morgan fingerprint density at radius 2 is 2.19 bits per heavy atom. The first-order chi connectivity index (χ1) is 10.2. The SMILES string of the molecule is O=C(CO/N=C/c1cccs1)NC(=O)NC1CCCCC1. The zero-order chi connectivity index (χ0) is 14.9. The van der Waals surface area contributed by atoms with E-state index in [0.717, 1.165) is 30.6 Å². The third-order valence-corrected chi connectivity index (χ3v) is 3.99. The van der Waals surface area contributed by atoms with Crippen molar-refractivity contribution in [3.05, 3.63) is 22.4 Å². The lowest BCUT2D eigenvalue weighted by Gasteiger charge is -2.22. The van der Waals surface area contributed by atoms with Gasteiger partial charge in [0.25, 0.3) is 5.91 Å². The van der Waals surface area contributed by atoms with E-state index in [1.165, 1.54) is 24.0 Å². The number of hydrogen-bond acceptors (Lipinski definition) is 5. The number of amides is 3. The third kappa shape index (κ3) is 5.95. The standard InChI is InChI=1S/C14H19N3O3S/c18-13(10-20-15-9-12-7-4-8-21-12)17-14(19)16-11-5-2-1-3-6-11/h4,7-9,11H,1-3,5-6,10H2,(H2,16,17,18,19)/b15-9+. The smallest absolute Gasteiger partial charge is 0.321 e. The Kier molecular flexibility index (Phi) is 6.21. The predicted molar refractivity (Wildman–Crippen MR) is 81.4 cm³/mol. The minimum Gasteiger partial charge on any atom is -0.386 e. The van der Waals surface area contributed by atoms with Gasteiger partial charge in [0.1, 0.15) is 0 Å². The number of oxime groups is 1. The van der Waals surface area contributed by atoms with Gasteiger partial charge in [-0.3, -0.25) is 10.1 Å². The fourth-order valence-corrected chi connectivity index (χ4v) is 2.76. The molecule has 1 aromatic rings. The summed E-state index contributed by atoms with van der Waals surface area (Å²) in [6.45, 7) is -0.278. The zero-order valence-corrected chi connectivity index (χ0v) is 12.5. The van der Waals surface area contributed by atoms with E-state index in [1.807, 2.05) is 17.5 Å². The van der Waals surface area contributed by atoms with Gasteiger partial charge in [-0.2, -0.15) is 0 Å². The van der Waals surface area contributed by atoms with Crippen molar-refractivity contribution in [1.82, 2.24) is 10.6 Å². The highest BCUT2D eigenvalue weighted by Gasteiger charge is 2.16. The van der Waals surface area contributed by atoms with E-state index in [0.29, 0.717) is 0 Å². The lowest BCUT2D eigenvalue weighted by molar-refractivity contribution is -0.124.